The van der Waals surface area contributed by atoms with Crippen LogP contribution in [0.25, 0.3) is 0 Å². The lowest BCUT2D eigenvalue weighted by molar-refractivity contribution is -0.151. The van der Waals surface area contributed by atoms with Gasteiger partial charge >= 0.3 is 6.18 Å². The van der Waals surface area contributed by atoms with Gasteiger partial charge in [0.25, 0.3) is 0 Å². The first-order valence-corrected chi connectivity index (χ1v) is 6.49. The van der Waals surface area contributed by atoms with Gasteiger partial charge in [0.1, 0.15) is 6.04 Å². The molecule has 0 amide bonds. The molecule has 2 aromatic rings. The zero-order valence-corrected chi connectivity index (χ0v) is 11.4. The Balaban J connectivity index is 2.34. The minimum Gasteiger partial charge on any atom is -0.298 e. The van der Waals surface area contributed by atoms with E-state index in [1.54, 1.807) is 0 Å². The van der Waals surface area contributed by atoms with E-state index in [1.165, 1.54) is 0 Å². The van der Waals surface area contributed by atoms with Crippen molar-refractivity contribution in [3.05, 3.63) is 71.8 Å². The first-order valence-electron chi connectivity index (χ1n) is 6.49. The average Bonchev–Trinajstić information content (AvgIpc) is 2.48. The normalized spacial score (nSPS) is 12.6. The van der Waals surface area contributed by atoms with Gasteiger partial charge in [0, 0.05) is 11.1 Å². The quantitative estimate of drug-likeness (QED) is 0.669. The van der Waals surface area contributed by atoms with E-state index in [-0.39, 0.29) is 0 Å². The molecule has 0 spiro atoms. The van der Waals surface area contributed by atoms with Crippen molar-refractivity contribution < 1.29 is 13.2 Å². The van der Waals surface area contributed by atoms with Crippen LogP contribution in [0.5, 0.6) is 0 Å². The number of hydrogen-bond acceptors (Lipinski definition) is 2. The smallest absolute Gasteiger partial charge is 0.298 e. The first kappa shape index (κ1) is 15.1. The minimum atomic E-state index is -4.33. The third-order valence-corrected chi connectivity index (χ3v) is 2.96. The van der Waals surface area contributed by atoms with Crippen molar-refractivity contribution in [2.24, 2.45) is 5.10 Å². The fourth-order valence-corrected chi connectivity index (χ4v) is 1.72. The van der Waals surface area contributed by atoms with Crippen molar-refractivity contribution in [1.29, 1.82) is 0 Å². The predicted octanol–water partition coefficient (Wildman–Crippen LogP) is 3.98. The van der Waals surface area contributed by atoms with E-state index in [0.717, 1.165) is 18.1 Å². The maximum absolute atomic E-state index is 12.6. The van der Waals surface area contributed by atoms with Gasteiger partial charge in [-0.25, -0.2) is 0 Å². The Labute approximate surface area is 121 Å². The summed E-state index contributed by atoms with van der Waals surface area (Å²) in [7, 11) is 0. The molecule has 1 unspecified atom stereocenters. The third kappa shape index (κ3) is 4.08. The van der Waals surface area contributed by atoms with Crippen molar-refractivity contribution in [3.8, 4) is 0 Å². The van der Waals surface area contributed by atoms with Crippen LogP contribution < -0.4 is 5.43 Å². The molecule has 2 nitrogen and oxygen atoms in total. The molecule has 5 heteroatoms. The molecule has 2 aromatic carbocycles. The molecule has 0 saturated carbocycles. The molecule has 0 aromatic heterocycles. The predicted molar refractivity (Wildman–Crippen MR) is 77.2 cm³/mol. The summed E-state index contributed by atoms with van der Waals surface area (Å²) in [6.45, 7) is 1.04. The van der Waals surface area contributed by atoms with E-state index in [1.807, 2.05) is 60.7 Å². The molecule has 1 N–H and O–H groups in total. The molecule has 21 heavy (non-hydrogen) atoms. The number of hydrazone groups is 1. The van der Waals surface area contributed by atoms with Crippen LogP contribution in [0.2, 0.25) is 0 Å². The maximum Gasteiger partial charge on any atom is 0.409 e. The minimum absolute atomic E-state index is 0.479. The molecular formula is C16H15F3N2. The Bertz CT molecular complexity index is 550. The van der Waals surface area contributed by atoms with Crippen molar-refractivity contribution >= 4 is 5.71 Å². The fraction of sp³-hybridized carbons (Fsp3) is 0.188. The number of rotatable bonds is 4. The molecule has 0 aliphatic carbocycles. The van der Waals surface area contributed by atoms with Crippen molar-refractivity contribution in [1.82, 2.24) is 5.43 Å². The molecule has 110 valence electrons. The number of hydrogen-bond donors (Lipinski definition) is 1. The lowest BCUT2D eigenvalue weighted by Gasteiger charge is -2.16. The summed E-state index contributed by atoms with van der Waals surface area (Å²) in [5, 5.41) is 3.98. The number of benzene rings is 2. The Hall–Kier alpha value is -2.30. The van der Waals surface area contributed by atoms with Crippen LogP contribution in [0, 0.1) is 0 Å². The average molecular weight is 292 g/mol. The van der Waals surface area contributed by atoms with Gasteiger partial charge in [-0.2, -0.15) is 18.3 Å². The molecule has 0 radical (unpaired) electrons. The highest BCUT2D eigenvalue weighted by atomic mass is 19.4. The van der Waals surface area contributed by atoms with Gasteiger partial charge in [-0.15, -0.1) is 0 Å². The van der Waals surface area contributed by atoms with Crippen molar-refractivity contribution in [2.45, 2.75) is 19.1 Å². The van der Waals surface area contributed by atoms with Gasteiger partial charge < -0.3 is 0 Å². The summed E-state index contributed by atoms with van der Waals surface area (Å²) in [4.78, 5) is 0. The molecular weight excluding hydrogens is 277 g/mol. The zero-order chi connectivity index (χ0) is 15.3. The molecule has 0 aliphatic heterocycles. The molecule has 0 bridgehead atoms. The number of alkyl halides is 3. The zero-order valence-electron chi connectivity index (χ0n) is 11.4. The second-order valence-electron chi connectivity index (χ2n) is 4.58. The van der Waals surface area contributed by atoms with E-state index < -0.39 is 12.2 Å². The topological polar surface area (TPSA) is 24.4 Å². The standard InChI is InChI=1S/C16H15F3N2/c1-12(16(17,18)19)20-21-15(13-8-4-2-5-9-13)14-10-6-3-7-11-14/h2-12,20H,1H3. The van der Waals surface area contributed by atoms with Gasteiger partial charge in [-0.3, -0.25) is 5.43 Å². The van der Waals surface area contributed by atoms with Gasteiger partial charge in [-0.05, 0) is 6.92 Å². The highest BCUT2D eigenvalue weighted by Crippen LogP contribution is 2.20. The molecule has 0 saturated heterocycles. The Morgan fingerprint density at radius 1 is 0.905 bits per heavy atom. The lowest BCUT2D eigenvalue weighted by atomic mass is 10.0. The van der Waals surface area contributed by atoms with Gasteiger partial charge in [0.15, 0.2) is 0 Å². The van der Waals surface area contributed by atoms with Crippen LogP contribution in [0.3, 0.4) is 0 Å². The second kappa shape index (κ2) is 6.43. The van der Waals surface area contributed by atoms with Crippen LogP contribution in [0.1, 0.15) is 18.1 Å². The Morgan fingerprint density at radius 2 is 1.33 bits per heavy atom. The summed E-state index contributed by atoms with van der Waals surface area (Å²) in [6.07, 6.45) is -4.33. The highest BCUT2D eigenvalue weighted by Gasteiger charge is 2.36. The summed E-state index contributed by atoms with van der Waals surface area (Å²) < 4.78 is 37.7. The van der Waals surface area contributed by atoms with Crippen molar-refractivity contribution in [2.75, 3.05) is 0 Å². The summed E-state index contributed by atoms with van der Waals surface area (Å²) in [5.74, 6) is 0. The van der Waals surface area contributed by atoms with Crippen LogP contribution in [0.4, 0.5) is 13.2 Å². The molecule has 0 fully saturated rings. The summed E-state index contributed by atoms with van der Waals surface area (Å²) in [6, 6.07) is 16.5. The Kier molecular flexibility index (Phi) is 4.62. The molecule has 1 atom stereocenters. The maximum atomic E-state index is 12.6. The van der Waals surface area contributed by atoms with E-state index in [9.17, 15) is 13.2 Å². The highest BCUT2D eigenvalue weighted by molar-refractivity contribution is 6.12. The van der Waals surface area contributed by atoms with Gasteiger partial charge in [0.05, 0.1) is 5.71 Å². The van der Waals surface area contributed by atoms with Crippen LogP contribution in [-0.2, 0) is 0 Å². The van der Waals surface area contributed by atoms with Crippen LogP contribution >= 0.6 is 0 Å². The molecule has 0 aliphatic rings. The monoisotopic (exact) mass is 292 g/mol. The van der Waals surface area contributed by atoms with Gasteiger partial charge in [-0.1, -0.05) is 60.7 Å². The SMILES string of the molecule is CC(NN=C(c1ccccc1)c1ccccc1)C(F)(F)F. The third-order valence-electron chi connectivity index (χ3n) is 2.96. The largest absolute Gasteiger partial charge is 0.409 e. The molecule has 2 rings (SSSR count). The van der Waals surface area contributed by atoms with Crippen LogP contribution in [-0.4, -0.2) is 17.9 Å². The summed E-state index contributed by atoms with van der Waals surface area (Å²) >= 11 is 0. The van der Waals surface area contributed by atoms with Crippen molar-refractivity contribution in [3.63, 3.8) is 0 Å². The summed E-state index contributed by atoms with van der Waals surface area (Å²) in [5.41, 5.74) is 4.17. The molecule has 0 heterocycles. The second-order valence-corrected chi connectivity index (χ2v) is 4.58. The van der Waals surface area contributed by atoms with E-state index in [0.29, 0.717) is 5.71 Å². The van der Waals surface area contributed by atoms with Gasteiger partial charge in [0.2, 0.25) is 0 Å². The Morgan fingerprint density at radius 3 is 1.71 bits per heavy atom. The van der Waals surface area contributed by atoms with E-state index >= 15 is 0 Å². The number of nitrogens with one attached hydrogen (secondary N) is 1. The fourth-order valence-electron chi connectivity index (χ4n) is 1.72. The van der Waals surface area contributed by atoms with E-state index in [2.05, 4.69) is 10.5 Å². The lowest BCUT2D eigenvalue weighted by Crippen LogP contribution is -2.37. The number of halogens is 3. The van der Waals surface area contributed by atoms with Crippen LogP contribution in [0.15, 0.2) is 65.8 Å². The van der Waals surface area contributed by atoms with E-state index in [4.69, 9.17) is 0 Å². The number of nitrogens with zero attached hydrogens (tertiary/aromatic N) is 1. The first-order chi connectivity index (χ1) is 9.98.